The molecule has 1 unspecified atom stereocenters. The Bertz CT molecular complexity index is 656. The van der Waals surface area contributed by atoms with Crippen LogP contribution in [0.25, 0.3) is 0 Å². The number of carboxylic acid groups (broad SMARTS) is 1. The molecule has 5 nitrogen and oxygen atoms in total. The number of allylic oxidation sites excluding steroid dienone is 1. The number of aliphatic hydroxyl groups is 1. The quantitative estimate of drug-likeness (QED) is 0.364. The van der Waals surface area contributed by atoms with E-state index in [1.165, 1.54) is 43.9 Å². The summed E-state index contributed by atoms with van der Waals surface area (Å²) in [5.41, 5.74) is -0.684. The maximum absolute atomic E-state index is 12.3. The van der Waals surface area contributed by atoms with Gasteiger partial charge in [-0.2, -0.15) is 0 Å². The van der Waals surface area contributed by atoms with E-state index in [4.69, 9.17) is 5.11 Å². The minimum Gasteiger partial charge on any atom is -0.480 e. The van der Waals surface area contributed by atoms with Gasteiger partial charge >= 0.3 is 5.97 Å². The van der Waals surface area contributed by atoms with E-state index in [0.29, 0.717) is 18.1 Å². The zero-order valence-corrected chi connectivity index (χ0v) is 20.8. The molecule has 7 heteroatoms. The van der Waals surface area contributed by atoms with Crippen molar-refractivity contribution in [1.82, 2.24) is 0 Å². The Labute approximate surface area is 195 Å². The largest absolute Gasteiger partial charge is 0.480 e. The van der Waals surface area contributed by atoms with Crippen LogP contribution in [0.15, 0.2) is 17.1 Å². The highest BCUT2D eigenvalue weighted by atomic mass is 32.2. The van der Waals surface area contributed by atoms with Crippen molar-refractivity contribution in [3.05, 3.63) is 12.2 Å². The molecular weight excluding hydrogens is 430 g/mol. The molecular formula is C24H39NO4S2. The van der Waals surface area contributed by atoms with Gasteiger partial charge in [-0.25, -0.2) is 4.79 Å². The van der Waals surface area contributed by atoms with Crippen molar-refractivity contribution in [1.29, 1.82) is 0 Å². The zero-order valence-electron chi connectivity index (χ0n) is 19.2. The number of thioether (sulfide) groups is 2. The number of carboxylic acids is 1. The number of rotatable bonds is 12. The van der Waals surface area contributed by atoms with E-state index in [1.54, 1.807) is 18.7 Å². The Hall–Kier alpha value is -0.790. The molecule has 2 aliphatic rings. The Morgan fingerprint density at radius 3 is 2.61 bits per heavy atom. The van der Waals surface area contributed by atoms with E-state index < -0.39 is 17.6 Å². The molecule has 0 spiro atoms. The number of Topliss-reactive ketones (excluding diaryl/α,β-unsaturated/α-hetero) is 1. The molecule has 0 aromatic heterocycles. The average molecular weight is 470 g/mol. The third-order valence-electron chi connectivity index (χ3n) is 6.47. The van der Waals surface area contributed by atoms with Crippen LogP contribution in [0.3, 0.4) is 0 Å². The number of aliphatic carboxylic acids is 1. The van der Waals surface area contributed by atoms with Gasteiger partial charge < -0.3 is 10.2 Å². The molecule has 1 heterocycles. The first-order valence-electron chi connectivity index (χ1n) is 11.7. The summed E-state index contributed by atoms with van der Waals surface area (Å²) in [5.74, 6) is 1.31. The van der Waals surface area contributed by atoms with Crippen LogP contribution in [0.1, 0.15) is 78.6 Å². The van der Waals surface area contributed by atoms with Gasteiger partial charge in [0, 0.05) is 17.4 Å². The molecule has 0 aromatic carbocycles. The molecule has 0 aromatic rings. The predicted molar refractivity (Wildman–Crippen MR) is 132 cm³/mol. The molecule has 0 amide bonds. The van der Waals surface area contributed by atoms with Crippen LogP contribution in [0.2, 0.25) is 0 Å². The van der Waals surface area contributed by atoms with E-state index in [0.717, 1.165) is 29.4 Å². The lowest BCUT2D eigenvalue weighted by atomic mass is 9.80. The highest BCUT2D eigenvalue weighted by Gasteiger charge is 2.28. The number of nitrogens with zero attached hydrogens (tertiary/aromatic N) is 1. The predicted octanol–water partition coefficient (Wildman–Crippen LogP) is 5.56. The lowest BCUT2D eigenvalue weighted by molar-refractivity contribution is -0.137. The van der Waals surface area contributed by atoms with E-state index in [1.807, 2.05) is 6.92 Å². The maximum atomic E-state index is 12.3. The molecule has 0 saturated heterocycles. The normalized spacial score (nSPS) is 24.0. The zero-order chi connectivity index (χ0) is 22.9. The molecule has 31 heavy (non-hydrogen) atoms. The van der Waals surface area contributed by atoms with E-state index >= 15 is 0 Å². The lowest BCUT2D eigenvalue weighted by Gasteiger charge is -2.30. The SMILES string of the molecule is CC[C@H](/C=C/C[C@](C)(O)CC1CCCCC1)[C@@H](CCSC1=NC(C(=O)O)CS1)C(C)=O. The molecule has 0 radical (unpaired) electrons. The first kappa shape index (κ1) is 26.5. The van der Waals surface area contributed by atoms with Crippen LogP contribution in [-0.2, 0) is 9.59 Å². The van der Waals surface area contributed by atoms with Gasteiger partial charge in [0.05, 0.1) is 5.60 Å². The fraction of sp³-hybridized carbons (Fsp3) is 0.792. The first-order valence-corrected chi connectivity index (χ1v) is 13.6. The fourth-order valence-electron chi connectivity index (χ4n) is 4.70. The first-order chi connectivity index (χ1) is 14.7. The van der Waals surface area contributed by atoms with Gasteiger partial charge in [0.25, 0.3) is 0 Å². The summed E-state index contributed by atoms with van der Waals surface area (Å²) in [7, 11) is 0. The fourth-order valence-corrected chi connectivity index (χ4v) is 6.95. The van der Waals surface area contributed by atoms with Crippen molar-refractivity contribution in [2.45, 2.75) is 90.2 Å². The number of carbonyl (C=O) groups is 2. The van der Waals surface area contributed by atoms with Crippen LogP contribution in [-0.4, -0.2) is 49.5 Å². The molecule has 1 aliphatic heterocycles. The number of hydrogen-bond acceptors (Lipinski definition) is 6. The highest BCUT2D eigenvalue weighted by Crippen LogP contribution is 2.33. The second-order valence-corrected chi connectivity index (χ2v) is 11.7. The average Bonchev–Trinajstić information content (AvgIpc) is 3.19. The molecule has 4 atom stereocenters. The van der Waals surface area contributed by atoms with Crippen molar-refractivity contribution in [2.75, 3.05) is 11.5 Å². The van der Waals surface area contributed by atoms with Gasteiger partial charge in [-0.3, -0.25) is 9.79 Å². The number of hydrogen-bond donors (Lipinski definition) is 2. The van der Waals surface area contributed by atoms with Gasteiger partial charge in [0.15, 0.2) is 6.04 Å². The summed E-state index contributed by atoms with van der Waals surface area (Å²) < 4.78 is 0.817. The van der Waals surface area contributed by atoms with Crippen molar-refractivity contribution < 1.29 is 19.8 Å². The highest BCUT2D eigenvalue weighted by molar-refractivity contribution is 8.39. The van der Waals surface area contributed by atoms with Crippen molar-refractivity contribution >= 4 is 39.7 Å². The molecule has 1 saturated carbocycles. The van der Waals surface area contributed by atoms with Crippen LogP contribution in [0.4, 0.5) is 0 Å². The third kappa shape index (κ3) is 9.30. The maximum Gasteiger partial charge on any atom is 0.329 e. The molecule has 1 fully saturated rings. The summed E-state index contributed by atoms with van der Waals surface area (Å²) >= 11 is 3.05. The summed E-state index contributed by atoms with van der Waals surface area (Å²) in [6.45, 7) is 5.70. The van der Waals surface area contributed by atoms with Crippen molar-refractivity contribution in [3.63, 3.8) is 0 Å². The van der Waals surface area contributed by atoms with Gasteiger partial charge in [-0.05, 0) is 51.4 Å². The van der Waals surface area contributed by atoms with E-state index in [9.17, 15) is 14.7 Å². The Morgan fingerprint density at radius 2 is 2.03 bits per heavy atom. The number of aliphatic imine (C=N–C) groups is 1. The van der Waals surface area contributed by atoms with E-state index in [2.05, 4.69) is 24.1 Å². The second-order valence-electron chi connectivity index (χ2n) is 9.32. The minimum absolute atomic E-state index is 0.0562. The van der Waals surface area contributed by atoms with Gasteiger partial charge in [-0.1, -0.05) is 74.7 Å². The van der Waals surface area contributed by atoms with Crippen LogP contribution >= 0.6 is 23.5 Å². The minimum atomic E-state index is -0.875. The third-order valence-corrected chi connectivity index (χ3v) is 8.80. The van der Waals surface area contributed by atoms with E-state index in [-0.39, 0.29) is 17.6 Å². The standard InChI is InChI=1S/C24H39NO4S2/c1-4-19(11-8-13-24(3,29)15-18-9-6-5-7-10-18)20(17(2)26)12-14-30-23-25-21(16-31-23)22(27)28/h8,11,18-21,29H,4-7,9-10,12-16H2,1-3H3,(H,27,28)/b11-8+/t19-,20+,21?,24+/m1/s1. The number of carbonyl (C=O) groups excluding carboxylic acids is 1. The van der Waals surface area contributed by atoms with Crippen LogP contribution in [0.5, 0.6) is 0 Å². The second kappa shape index (κ2) is 13.0. The lowest BCUT2D eigenvalue weighted by Crippen LogP contribution is -2.28. The molecule has 1 aliphatic carbocycles. The Kier molecular flexibility index (Phi) is 11.1. The summed E-state index contributed by atoms with van der Waals surface area (Å²) in [4.78, 5) is 27.6. The molecule has 2 N–H and O–H groups in total. The summed E-state index contributed by atoms with van der Waals surface area (Å²) in [6.07, 6.45) is 13.7. The van der Waals surface area contributed by atoms with Crippen molar-refractivity contribution in [2.24, 2.45) is 22.7 Å². The topological polar surface area (TPSA) is 87.0 Å². The van der Waals surface area contributed by atoms with Gasteiger partial charge in [-0.15, -0.1) is 0 Å². The van der Waals surface area contributed by atoms with Crippen LogP contribution < -0.4 is 0 Å². The molecule has 2 rings (SSSR count). The number of ketones is 1. The summed E-state index contributed by atoms with van der Waals surface area (Å²) in [6, 6.07) is -0.635. The summed E-state index contributed by atoms with van der Waals surface area (Å²) in [5, 5.41) is 19.9. The van der Waals surface area contributed by atoms with Crippen LogP contribution in [0, 0.1) is 17.8 Å². The van der Waals surface area contributed by atoms with Gasteiger partial charge in [0.2, 0.25) is 0 Å². The smallest absolute Gasteiger partial charge is 0.329 e. The van der Waals surface area contributed by atoms with Crippen molar-refractivity contribution in [3.8, 4) is 0 Å². The molecule has 176 valence electrons. The van der Waals surface area contributed by atoms with Gasteiger partial charge in [0.1, 0.15) is 10.2 Å². The Balaban J connectivity index is 1.84. The monoisotopic (exact) mass is 469 g/mol. The molecule has 0 bridgehead atoms. The Morgan fingerprint density at radius 1 is 1.32 bits per heavy atom.